The fourth-order valence-corrected chi connectivity index (χ4v) is 2.07. The molecular weight excluding hydrogens is 248 g/mol. The van der Waals surface area contributed by atoms with E-state index >= 15 is 0 Å². The standard InChI is InChI=1S/C16H20N4/c1-2-3-11-20(13-7-5-4-6-8-13)14-9-10-19-15(12-14)16(17)18/h4-10,12H,2-3,11H2,1H3,(H3,17,18). The van der Waals surface area contributed by atoms with Gasteiger partial charge in [0.25, 0.3) is 0 Å². The molecule has 2 rings (SSSR count). The van der Waals surface area contributed by atoms with Crippen LogP contribution in [0.4, 0.5) is 11.4 Å². The molecule has 0 unspecified atom stereocenters. The van der Waals surface area contributed by atoms with Crippen molar-refractivity contribution in [1.29, 1.82) is 5.41 Å². The Kier molecular flexibility index (Phi) is 4.71. The number of nitrogen functional groups attached to an aromatic ring is 1. The summed E-state index contributed by atoms with van der Waals surface area (Å²) in [6.45, 7) is 3.11. The Balaban J connectivity index is 2.36. The minimum atomic E-state index is -0.00430. The van der Waals surface area contributed by atoms with Crippen LogP contribution >= 0.6 is 0 Å². The molecule has 0 fully saturated rings. The number of hydrogen-bond acceptors (Lipinski definition) is 3. The number of para-hydroxylation sites is 1. The van der Waals surface area contributed by atoms with Gasteiger partial charge in [0.2, 0.25) is 0 Å². The van der Waals surface area contributed by atoms with Crippen LogP contribution < -0.4 is 10.6 Å². The van der Waals surface area contributed by atoms with Crippen molar-refractivity contribution in [1.82, 2.24) is 4.98 Å². The average Bonchev–Trinajstić information content (AvgIpc) is 2.49. The molecule has 0 bridgehead atoms. The van der Waals surface area contributed by atoms with E-state index in [1.165, 1.54) is 0 Å². The first-order chi connectivity index (χ1) is 9.72. The third-order valence-corrected chi connectivity index (χ3v) is 3.13. The lowest BCUT2D eigenvalue weighted by molar-refractivity contribution is 0.785. The van der Waals surface area contributed by atoms with Crippen molar-refractivity contribution >= 4 is 17.2 Å². The highest BCUT2D eigenvalue weighted by atomic mass is 15.1. The molecule has 1 aromatic carbocycles. The summed E-state index contributed by atoms with van der Waals surface area (Å²) in [4.78, 5) is 6.35. The second kappa shape index (κ2) is 6.70. The number of nitrogens with two attached hydrogens (primary N) is 1. The van der Waals surface area contributed by atoms with Gasteiger partial charge < -0.3 is 10.6 Å². The van der Waals surface area contributed by atoms with Crippen LogP contribution in [0.25, 0.3) is 0 Å². The van der Waals surface area contributed by atoms with Gasteiger partial charge in [0.1, 0.15) is 11.5 Å². The van der Waals surface area contributed by atoms with E-state index < -0.39 is 0 Å². The Morgan fingerprint density at radius 3 is 2.60 bits per heavy atom. The molecule has 4 nitrogen and oxygen atoms in total. The van der Waals surface area contributed by atoms with Gasteiger partial charge in [-0.1, -0.05) is 31.5 Å². The van der Waals surface area contributed by atoms with Crippen LogP contribution in [-0.2, 0) is 0 Å². The number of amidine groups is 1. The summed E-state index contributed by atoms with van der Waals surface area (Å²) in [5.41, 5.74) is 8.20. The molecule has 0 aliphatic carbocycles. The normalized spacial score (nSPS) is 10.2. The Bertz CT molecular complexity index is 566. The molecular formula is C16H20N4. The van der Waals surface area contributed by atoms with Gasteiger partial charge in [0, 0.05) is 24.1 Å². The van der Waals surface area contributed by atoms with Crippen LogP contribution in [0.5, 0.6) is 0 Å². The first-order valence-electron chi connectivity index (χ1n) is 6.85. The molecule has 0 saturated carbocycles. The summed E-state index contributed by atoms with van der Waals surface area (Å²) in [6.07, 6.45) is 3.94. The Hall–Kier alpha value is -2.36. The van der Waals surface area contributed by atoms with Gasteiger partial charge in [-0.3, -0.25) is 10.4 Å². The quantitative estimate of drug-likeness (QED) is 0.624. The van der Waals surface area contributed by atoms with E-state index in [-0.39, 0.29) is 5.84 Å². The Labute approximate surface area is 119 Å². The molecule has 0 amide bonds. The lowest BCUT2D eigenvalue weighted by Gasteiger charge is -2.25. The molecule has 0 saturated heterocycles. The Morgan fingerprint density at radius 1 is 1.20 bits per heavy atom. The summed E-state index contributed by atoms with van der Waals surface area (Å²) in [7, 11) is 0. The fourth-order valence-electron chi connectivity index (χ4n) is 2.07. The van der Waals surface area contributed by atoms with Gasteiger partial charge in [-0.05, 0) is 30.7 Å². The number of anilines is 2. The number of nitrogens with one attached hydrogen (secondary N) is 1. The zero-order valence-electron chi connectivity index (χ0n) is 11.7. The molecule has 20 heavy (non-hydrogen) atoms. The van der Waals surface area contributed by atoms with Gasteiger partial charge in [-0.2, -0.15) is 0 Å². The third kappa shape index (κ3) is 3.35. The van der Waals surface area contributed by atoms with E-state index in [1.54, 1.807) is 6.20 Å². The number of nitrogens with zero attached hydrogens (tertiary/aromatic N) is 2. The molecule has 0 atom stereocenters. The predicted octanol–water partition coefficient (Wildman–Crippen LogP) is 3.30. The van der Waals surface area contributed by atoms with Crippen LogP contribution in [-0.4, -0.2) is 17.4 Å². The van der Waals surface area contributed by atoms with E-state index in [1.807, 2.05) is 30.3 Å². The Morgan fingerprint density at radius 2 is 1.95 bits per heavy atom. The summed E-state index contributed by atoms with van der Waals surface area (Å²) in [5, 5.41) is 7.51. The zero-order valence-corrected chi connectivity index (χ0v) is 11.7. The number of unbranched alkanes of at least 4 members (excludes halogenated alkanes) is 1. The van der Waals surface area contributed by atoms with E-state index in [4.69, 9.17) is 11.1 Å². The van der Waals surface area contributed by atoms with E-state index in [0.29, 0.717) is 5.69 Å². The highest BCUT2D eigenvalue weighted by Crippen LogP contribution is 2.25. The third-order valence-electron chi connectivity index (χ3n) is 3.13. The van der Waals surface area contributed by atoms with Crippen LogP contribution in [0.15, 0.2) is 48.7 Å². The predicted molar refractivity (Wildman–Crippen MR) is 83.6 cm³/mol. The monoisotopic (exact) mass is 268 g/mol. The zero-order chi connectivity index (χ0) is 14.4. The maximum Gasteiger partial charge on any atom is 0.141 e. The van der Waals surface area contributed by atoms with Crippen molar-refractivity contribution in [2.45, 2.75) is 19.8 Å². The van der Waals surface area contributed by atoms with E-state index in [0.717, 1.165) is 30.8 Å². The topological polar surface area (TPSA) is 66.0 Å². The smallest absolute Gasteiger partial charge is 0.141 e. The van der Waals surface area contributed by atoms with Gasteiger partial charge in [-0.25, -0.2) is 0 Å². The first-order valence-corrected chi connectivity index (χ1v) is 6.85. The fraction of sp³-hybridized carbons (Fsp3) is 0.250. The average molecular weight is 268 g/mol. The molecule has 0 spiro atoms. The van der Waals surface area contributed by atoms with Crippen molar-refractivity contribution in [2.24, 2.45) is 5.73 Å². The number of rotatable bonds is 6. The van der Waals surface area contributed by atoms with Crippen molar-refractivity contribution in [3.63, 3.8) is 0 Å². The second-order valence-corrected chi connectivity index (χ2v) is 4.65. The highest BCUT2D eigenvalue weighted by molar-refractivity contribution is 5.94. The minimum absolute atomic E-state index is 0.00430. The number of hydrogen-bond donors (Lipinski definition) is 2. The molecule has 0 aliphatic heterocycles. The summed E-state index contributed by atoms with van der Waals surface area (Å²) in [6, 6.07) is 14.1. The van der Waals surface area contributed by atoms with Gasteiger partial charge >= 0.3 is 0 Å². The molecule has 1 aromatic heterocycles. The molecule has 2 aromatic rings. The van der Waals surface area contributed by atoms with Gasteiger partial charge in [-0.15, -0.1) is 0 Å². The molecule has 0 radical (unpaired) electrons. The van der Waals surface area contributed by atoms with Crippen LogP contribution in [0.1, 0.15) is 25.5 Å². The lowest BCUT2D eigenvalue weighted by Crippen LogP contribution is -2.20. The van der Waals surface area contributed by atoms with Crippen LogP contribution in [0.3, 0.4) is 0 Å². The maximum atomic E-state index is 7.51. The van der Waals surface area contributed by atoms with Gasteiger partial charge in [0.05, 0.1) is 0 Å². The van der Waals surface area contributed by atoms with Crippen molar-refractivity contribution in [3.8, 4) is 0 Å². The van der Waals surface area contributed by atoms with Crippen molar-refractivity contribution in [3.05, 3.63) is 54.4 Å². The van der Waals surface area contributed by atoms with Gasteiger partial charge in [0.15, 0.2) is 0 Å². The summed E-state index contributed by atoms with van der Waals surface area (Å²) >= 11 is 0. The minimum Gasteiger partial charge on any atom is -0.382 e. The summed E-state index contributed by atoms with van der Waals surface area (Å²) < 4.78 is 0. The van der Waals surface area contributed by atoms with Crippen LogP contribution in [0.2, 0.25) is 0 Å². The van der Waals surface area contributed by atoms with Crippen molar-refractivity contribution in [2.75, 3.05) is 11.4 Å². The molecule has 3 N–H and O–H groups in total. The summed E-state index contributed by atoms with van der Waals surface area (Å²) in [5.74, 6) is -0.00430. The van der Waals surface area contributed by atoms with E-state index in [2.05, 4.69) is 28.9 Å². The van der Waals surface area contributed by atoms with Crippen LogP contribution in [0, 0.1) is 5.41 Å². The second-order valence-electron chi connectivity index (χ2n) is 4.65. The molecule has 0 aliphatic rings. The molecule has 4 heteroatoms. The lowest BCUT2D eigenvalue weighted by atomic mass is 10.2. The maximum absolute atomic E-state index is 7.51. The number of pyridine rings is 1. The van der Waals surface area contributed by atoms with E-state index in [9.17, 15) is 0 Å². The molecule has 104 valence electrons. The number of benzene rings is 1. The first kappa shape index (κ1) is 14.1. The van der Waals surface area contributed by atoms with Crippen molar-refractivity contribution < 1.29 is 0 Å². The number of aromatic nitrogens is 1. The highest BCUT2D eigenvalue weighted by Gasteiger charge is 2.10. The largest absolute Gasteiger partial charge is 0.382 e. The molecule has 1 heterocycles. The SMILES string of the molecule is CCCCN(c1ccccc1)c1ccnc(C(=N)N)c1.